The highest BCUT2D eigenvalue weighted by atomic mass is 16.7. The zero-order valence-corrected chi connectivity index (χ0v) is 11.1. The quantitative estimate of drug-likeness (QED) is 0.743. The summed E-state index contributed by atoms with van der Waals surface area (Å²) in [5.41, 5.74) is 7.75. The second-order valence-corrected chi connectivity index (χ2v) is 5.55. The van der Waals surface area contributed by atoms with Crippen molar-refractivity contribution in [3.63, 3.8) is 0 Å². The normalized spacial score (nSPS) is 21.8. The van der Waals surface area contributed by atoms with Gasteiger partial charge < -0.3 is 15.0 Å². The van der Waals surface area contributed by atoms with E-state index < -0.39 is 7.12 Å². The van der Waals surface area contributed by atoms with Crippen LogP contribution >= 0.6 is 0 Å². The zero-order valence-electron chi connectivity index (χ0n) is 11.1. The van der Waals surface area contributed by atoms with Crippen LogP contribution in [0.15, 0.2) is 12.4 Å². The molecule has 0 aromatic carbocycles. The predicted octanol–water partition coefficient (Wildman–Crippen LogP) is 1.27. The minimum Gasteiger partial charge on any atom is -0.399 e. The van der Waals surface area contributed by atoms with Crippen LogP contribution in [0.5, 0.6) is 0 Å². The van der Waals surface area contributed by atoms with Gasteiger partial charge in [-0.3, -0.25) is 4.98 Å². The molecule has 0 spiro atoms. The second kappa shape index (κ2) is 3.72. The van der Waals surface area contributed by atoms with Gasteiger partial charge in [-0.05, 0) is 40.2 Å². The SMILES string of the molecule is Cc1cncc(N)c1B1OC(C)(C)C(C)(C)O1. The predicted molar refractivity (Wildman–Crippen MR) is 69.1 cm³/mol. The molecule has 1 aromatic heterocycles. The van der Waals surface area contributed by atoms with Crippen molar-refractivity contribution in [3.8, 4) is 0 Å². The summed E-state index contributed by atoms with van der Waals surface area (Å²) in [6.07, 6.45) is 3.41. The van der Waals surface area contributed by atoms with Gasteiger partial charge in [0.2, 0.25) is 0 Å². The summed E-state index contributed by atoms with van der Waals surface area (Å²) in [7, 11) is -0.414. The Bertz CT molecular complexity index is 410. The van der Waals surface area contributed by atoms with Crippen LogP contribution in [-0.4, -0.2) is 23.3 Å². The smallest absolute Gasteiger partial charge is 0.399 e. The van der Waals surface area contributed by atoms with Gasteiger partial charge >= 0.3 is 7.12 Å². The third kappa shape index (κ3) is 1.94. The number of hydrogen-bond acceptors (Lipinski definition) is 4. The first-order chi connectivity index (χ1) is 7.74. The minimum atomic E-state index is -0.414. The molecule has 92 valence electrons. The van der Waals surface area contributed by atoms with Crippen molar-refractivity contribution in [2.24, 2.45) is 0 Å². The molecule has 1 aromatic rings. The largest absolute Gasteiger partial charge is 0.497 e. The third-order valence-corrected chi connectivity index (χ3v) is 3.71. The molecule has 2 N–H and O–H groups in total. The van der Waals surface area contributed by atoms with E-state index in [2.05, 4.69) is 4.98 Å². The van der Waals surface area contributed by atoms with Gasteiger partial charge in [0.1, 0.15) is 0 Å². The van der Waals surface area contributed by atoms with E-state index in [4.69, 9.17) is 15.0 Å². The fraction of sp³-hybridized carbons (Fsp3) is 0.583. The van der Waals surface area contributed by atoms with Crippen LogP contribution in [0.25, 0.3) is 0 Å². The maximum atomic E-state index is 5.98. The fourth-order valence-corrected chi connectivity index (χ4v) is 1.88. The van der Waals surface area contributed by atoms with Gasteiger partial charge in [-0.2, -0.15) is 0 Å². The van der Waals surface area contributed by atoms with Crippen molar-refractivity contribution in [1.29, 1.82) is 0 Å². The van der Waals surface area contributed by atoms with Crippen molar-refractivity contribution >= 4 is 18.3 Å². The highest BCUT2D eigenvalue weighted by Gasteiger charge is 2.52. The standard InChI is InChI=1S/C12H19BN2O2/c1-8-6-15-7-9(14)10(8)13-16-11(2,3)12(4,5)17-13/h6-7H,14H2,1-5H3. The Kier molecular flexibility index (Phi) is 2.71. The first-order valence-corrected chi connectivity index (χ1v) is 5.80. The van der Waals surface area contributed by atoms with Crippen LogP contribution < -0.4 is 11.2 Å². The van der Waals surface area contributed by atoms with Gasteiger partial charge in [0, 0.05) is 17.9 Å². The number of pyridine rings is 1. The van der Waals surface area contributed by atoms with Crippen molar-refractivity contribution < 1.29 is 9.31 Å². The third-order valence-electron chi connectivity index (χ3n) is 3.71. The van der Waals surface area contributed by atoms with Crippen LogP contribution in [0.2, 0.25) is 0 Å². The lowest BCUT2D eigenvalue weighted by molar-refractivity contribution is 0.00578. The monoisotopic (exact) mass is 234 g/mol. The molecule has 0 saturated carbocycles. The molecule has 4 nitrogen and oxygen atoms in total. The van der Waals surface area contributed by atoms with E-state index in [0.717, 1.165) is 11.0 Å². The average molecular weight is 234 g/mol. The second-order valence-electron chi connectivity index (χ2n) is 5.55. The summed E-state index contributed by atoms with van der Waals surface area (Å²) < 4.78 is 12.0. The van der Waals surface area contributed by atoms with E-state index in [1.165, 1.54) is 0 Å². The maximum absolute atomic E-state index is 5.98. The highest BCUT2D eigenvalue weighted by molar-refractivity contribution is 6.64. The molecule has 1 aliphatic heterocycles. The summed E-state index contributed by atoms with van der Waals surface area (Å²) in [4.78, 5) is 4.05. The van der Waals surface area contributed by atoms with Crippen molar-refractivity contribution in [2.75, 3.05) is 5.73 Å². The number of rotatable bonds is 1. The number of hydrogen-bond donors (Lipinski definition) is 1. The van der Waals surface area contributed by atoms with E-state index in [-0.39, 0.29) is 11.2 Å². The van der Waals surface area contributed by atoms with Crippen LogP contribution in [-0.2, 0) is 9.31 Å². The first kappa shape index (κ1) is 12.4. The number of nitrogen functional groups attached to an aromatic ring is 1. The molecule has 0 amide bonds. The van der Waals surface area contributed by atoms with Crippen molar-refractivity contribution in [2.45, 2.75) is 45.8 Å². The maximum Gasteiger partial charge on any atom is 0.497 e. The van der Waals surface area contributed by atoms with Crippen LogP contribution in [0, 0.1) is 6.92 Å². The Morgan fingerprint density at radius 1 is 1.12 bits per heavy atom. The van der Waals surface area contributed by atoms with E-state index >= 15 is 0 Å². The highest BCUT2D eigenvalue weighted by Crippen LogP contribution is 2.36. The van der Waals surface area contributed by atoms with Crippen molar-refractivity contribution in [3.05, 3.63) is 18.0 Å². The topological polar surface area (TPSA) is 57.4 Å². The van der Waals surface area contributed by atoms with Crippen molar-refractivity contribution in [1.82, 2.24) is 4.98 Å². The van der Waals surface area contributed by atoms with Gasteiger partial charge in [-0.15, -0.1) is 0 Å². The van der Waals surface area contributed by atoms with Crippen LogP contribution in [0.3, 0.4) is 0 Å². The summed E-state index contributed by atoms with van der Waals surface area (Å²) >= 11 is 0. The number of nitrogens with zero attached hydrogens (tertiary/aromatic N) is 1. The Balaban J connectivity index is 2.39. The molecule has 2 rings (SSSR count). The first-order valence-electron chi connectivity index (χ1n) is 5.80. The number of aryl methyl sites for hydroxylation is 1. The van der Waals surface area contributed by atoms with E-state index in [9.17, 15) is 0 Å². The number of aromatic nitrogens is 1. The zero-order chi connectivity index (χ0) is 12.8. The summed E-state index contributed by atoms with van der Waals surface area (Å²) in [6.45, 7) is 10.1. The summed E-state index contributed by atoms with van der Waals surface area (Å²) in [6, 6.07) is 0. The molecule has 17 heavy (non-hydrogen) atoms. The Hall–Kier alpha value is -1.07. The molecule has 0 bridgehead atoms. The van der Waals surface area contributed by atoms with Crippen LogP contribution in [0.4, 0.5) is 5.69 Å². The molecule has 1 aliphatic rings. The van der Waals surface area contributed by atoms with E-state index in [0.29, 0.717) is 5.69 Å². The van der Waals surface area contributed by atoms with Gasteiger partial charge in [0.25, 0.3) is 0 Å². The fourth-order valence-electron chi connectivity index (χ4n) is 1.88. The summed E-state index contributed by atoms with van der Waals surface area (Å²) in [5.74, 6) is 0. The molecule has 0 aliphatic carbocycles. The molecule has 0 radical (unpaired) electrons. The molecular formula is C12H19BN2O2. The lowest BCUT2D eigenvalue weighted by atomic mass is 9.76. The molecular weight excluding hydrogens is 215 g/mol. The van der Waals surface area contributed by atoms with E-state index in [1.54, 1.807) is 12.4 Å². The number of nitrogens with two attached hydrogens (primary N) is 1. The summed E-state index contributed by atoms with van der Waals surface area (Å²) in [5, 5.41) is 0. The molecule has 1 saturated heterocycles. The Morgan fingerprint density at radius 3 is 2.12 bits per heavy atom. The molecule has 2 heterocycles. The molecule has 0 atom stereocenters. The average Bonchev–Trinajstić information content (AvgIpc) is 2.35. The van der Waals surface area contributed by atoms with E-state index in [1.807, 2.05) is 34.6 Å². The minimum absolute atomic E-state index is 0.347. The van der Waals surface area contributed by atoms with Gasteiger partial charge in [0.05, 0.1) is 16.9 Å². The van der Waals surface area contributed by atoms with Crippen LogP contribution in [0.1, 0.15) is 33.3 Å². The molecule has 5 heteroatoms. The Labute approximate surface area is 103 Å². The Morgan fingerprint density at radius 2 is 1.65 bits per heavy atom. The molecule has 0 unspecified atom stereocenters. The number of anilines is 1. The lowest BCUT2D eigenvalue weighted by Crippen LogP contribution is -2.41. The van der Waals surface area contributed by atoms with Gasteiger partial charge in [-0.25, -0.2) is 0 Å². The van der Waals surface area contributed by atoms with Gasteiger partial charge in [0.15, 0.2) is 0 Å². The molecule has 1 fully saturated rings. The lowest BCUT2D eigenvalue weighted by Gasteiger charge is -2.32. The van der Waals surface area contributed by atoms with Gasteiger partial charge in [-0.1, -0.05) is 0 Å².